The van der Waals surface area contributed by atoms with Gasteiger partial charge in [-0.1, -0.05) is 47.5 Å². The molecule has 0 aromatic heterocycles. The van der Waals surface area contributed by atoms with Crippen molar-refractivity contribution in [3.8, 4) is 0 Å². The van der Waals surface area contributed by atoms with E-state index in [0.29, 0.717) is 16.3 Å². The van der Waals surface area contributed by atoms with Crippen LogP contribution in [0.25, 0.3) is 6.08 Å². The van der Waals surface area contributed by atoms with Crippen LogP contribution < -0.4 is 10.6 Å². The molecule has 0 spiro atoms. The smallest absolute Gasteiger partial charge is 0.272 e. The number of carbonyl (C=O) groups excluding carboxylic acids is 2. The summed E-state index contributed by atoms with van der Waals surface area (Å²) in [6.45, 7) is 1.91. The van der Waals surface area contributed by atoms with Crippen molar-refractivity contribution in [2.45, 2.75) is 6.92 Å². The molecule has 0 atom stereocenters. The van der Waals surface area contributed by atoms with E-state index in [0.717, 1.165) is 5.56 Å². The zero-order valence-electron chi connectivity index (χ0n) is 15.6. The lowest BCUT2D eigenvalue weighted by Crippen LogP contribution is -2.30. The SMILES string of the molecule is Cc1ccc(C(=O)NC(=Cc2ccccc2F)C(=O)Nc2ccc(Cl)cc2)cc1. The summed E-state index contributed by atoms with van der Waals surface area (Å²) in [4.78, 5) is 25.4. The van der Waals surface area contributed by atoms with Gasteiger partial charge in [0.2, 0.25) is 0 Å². The molecule has 0 aliphatic carbocycles. The lowest BCUT2D eigenvalue weighted by atomic mass is 10.1. The van der Waals surface area contributed by atoms with Gasteiger partial charge >= 0.3 is 0 Å². The fraction of sp³-hybridized carbons (Fsp3) is 0.0435. The first-order valence-electron chi connectivity index (χ1n) is 8.83. The largest absolute Gasteiger partial charge is 0.321 e. The molecule has 0 aliphatic rings. The van der Waals surface area contributed by atoms with Crippen LogP contribution in [0.15, 0.2) is 78.5 Å². The normalized spacial score (nSPS) is 11.1. The molecule has 0 bridgehead atoms. The van der Waals surface area contributed by atoms with Gasteiger partial charge in [-0.3, -0.25) is 9.59 Å². The van der Waals surface area contributed by atoms with Crippen molar-refractivity contribution in [1.82, 2.24) is 5.32 Å². The highest BCUT2D eigenvalue weighted by Gasteiger charge is 2.16. The Bertz CT molecular complexity index is 1060. The van der Waals surface area contributed by atoms with Crippen LogP contribution in [0.2, 0.25) is 5.02 Å². The molecule has 0 aliphatic heterocycles. The highest BCUT2D eigenvalue weighted by molar-refractivity contribution is 6.30. The van der Waals surface area contributed by atoms with Crippen molar-refractivity contribution in [2.75, 3.05) is 5.32 Å². The zero-order chi connectivity index (χ0) is 20.8. The predicted molar refractivity (Wildman–Crippen MR) is 113 cm³/mol. The van der Waals surface area contributed by atoms with E-state index in [1.807, 2.05) is 6.92 Å². The Morgan fingerprint density at radius 2 is 1.59 bits per heavy atom. The minimum Gasteiger partial charge on any atom is -0.321 e. The summed E-state index contributed by atoms with van der Waals surface area (Å²) in [6, 6.07) is 19.4. The number of amides is 2. The Labute approximate surface area is 173 Å². The van der Waals surface area contributed by atoms with Gasteiger partial charge < -0.3 is 10.6 Å². The van der Waals surface area contributed by atoms with Gasteiger partial charge in [-0.05, 0) is 55.5 Å². The molecule has 6 heteroatoms. The number of benzene rings is 3. The van der Waals surface area contributed by atoms with E-state index >= 15 is 0 Å². The maximum absolute atomic E-state index is 14.1. The van der Waals surface area contributed by atoms with E-state index in [2.05, 4.69) is 10.6 Å². The Hall–Kier alpha value is -3.44. The van der Waals surface area contributed by atoms with Crippen molar-refractivity contribution >= 4 is 35.2 Å². The second-order valence-electron chi connectivity index (χ2n) is 6.36. The van der Waals surface area contributed by atoms with Crippen molar-refractivity contribution in [3.63, 3.8) is 0 Å². The minimum absolute atomic E-state index is 0.0874. The first kappa shape index (κ1) is 20.3. The molecule has 3 aromatic carbocycles. The summed E-state index contributed by atoms with van der Waals surface area (Å²) in [5.74, 6) is -1.57. The third-order valence-electron chi connectivity index (χ3n) is 4.11. The molecule has 3 aromatic rings. The fourth-order valence-corrected chi connectivity index (χ4v) is 2.66. The average Bonchev–Trinajstić information content (AvgIpc) is 2.71. The van der Waals surface area contributed by atoms with Gasteiger partial charge in [0.05, 0.1) is 0 Å². The quantitative estimate of drug-likeness (QED) is 0.570. The molecule has 0 saturated heterocycles. The minimum atomic E-state index is -0.587. The molecule has 29 heavy (non-hydrogen) atoms. The standard InChI is InChI=1S/C23H18ClFN2O2/c1-15-6-8-16(9-7-15)22(28)27-21(14-17-4-2-3-5-20(17)25)23(29)26-19-12-10-18(24)11-13-19/h2-14H,1H3,(H,26,29)(H,27,28). The zero-order valence-corrected chi connectivity index (χ0v) is 16.3. The summed E-state index contributed by atoms with van der Waals surface area (Å²) >= 11 is 5.86. The Balaban J connectivity index is 1.89. The van der Waals surface area contributed by atoms with Crippen LogP contribution in [-0.4, -0.2) is 11.8 Å². The predicted octanol–water partition coefficient (Wildman–Crippen LogP) is 5.20. The molecule has 0 unspecified atom stereocenters. The van der Waals surface area contributed by atoms with Crippen molar-refractivity contribution in [1.29, 1.82) is 0 Å². The second kappa shape index (κ2) is 9.17. The van der Waals surface area contributed by atoms with Gasteiger partial charge in [-0.25, -0.2) is 4.39 Å². The third kappa shape index (κ3) is 5.53. The monoisotopic (exact) mass is 408 g/mol. The molecule has 0 radical (unpaired) electrons. The van der Waals surface area contributed by atoms with Gasteiger partial charge in [-0.2, -0.15) is 0 Å². The molecule has 3 rings (SSSR count). The first-order valence-corrected chi connectivity index (χ1v) is 9.21. The lowest BCUT2D eigenvalue weighted by Gasteiger charge is -2.12. The average molecular weight is 409 g/mol. The van der Waals surface area contributed by atoms with Gasteiger partial charge in [-0.15, -0.1) is 0 Å². The van der Waals surface area contributed by atoms with Crippen LogP contribution in [0.4, 0.5) is 10.1 Å². The first-order chi connectivity index (χ1) is 13.9. The van der Waals surface area contributed by atoms with Crippen LogP contribution in [0, 0.1) is 12.7 Å². The van der Waals surface area contributed by atoms with Crippen molar-refractivity contribution in [3.05, 3.63) is 106 Å². The van der Waals surface area contributed by atoms with Gasteiger partial charge in [0, 0.05) is 21.8 Å². The van der Waals surface area contributed by atoms with E-state index < -0.39 is 17.6 Å². The Morgan fingerprint density at radius 1 is 0.931 bits per heavy atom. The molecular formula is C23H18ClFN2O2. The number of nitrogens with one attached hydrogen (secondary N) is 2. The summed E-state index contributed by atoms with van der Waals surface area (Å²) in [5, 5.41) is 5.77. The van der Waals surface area contributed by atoms with E-state index in [-0.39, 0.29) is 11.3 Å². The van der Waals surface area contributed by atoms with Crippen LogP contribution in [0.1, 0.15) is 21.5 Å². The summed E-state index contributed by atoms with van der Waals surface area (Å²) in [7, 11) is 0. The second-order valence-corrected chi connectivity index (χ2v) is 6.80. The van der Waals surface area contributed by atoms with Crippen molar-refractivity contribution in [2.24, 2.45) is 0 Å². The number of anilines is 1. The molecule has 0 saturated carbocycles. The number of hydrogen-bond acceptors (Lipinski definition) is 2. The molecule has 146 valence electrons. The maximum Gasteiger partial charge on any atom is 0.272 e. The van der Waals surface area contributed by atoms with Crippen molar-refractivity contribution < 1.29 is 14.0 Å². The molecule has 2 N–H and O–H groups in total. The van der Waals surface area contributed by atoms with Gasteiger partial charge in [0.25, 0.3) is 11.8 Å². The van der Waals surface area contributed by atoms with E-state index in [1.54, 1.807) is 60.7 Å². The highest BCUT2D eigenvalue weighted by Crippen LogP contribution is 2.16. The number of hydrogen-bond donors (Lipinski definition) is 2. The summed E-state index contributed by atoms with van der Waals surface area (Å²) in [5.41, 5.74) is 1.97. The van der Waals surface area contributed by atoms with E-state index in [4.69, 9.17) is 11.6 Å². The summed E-state index contributed by atoms with van der Waals surface area (Å²) < 4.78 is 14.1. The third-order valence-corrected chi connectivity index (χ3v) is 4.37. The fourth-order valence-electron chi connectivity index (χ4n) is 2.54. The topological polar surface area (TPSA) is 58.2 Å². The number of aryl methyl sites for hydroxylation is 1. The molecular weight excluding hydrogens is 391 g/mol. The molecule has 0 heterocycles. The van der Waals surface area contributed by atoms with E-state index in [9.17, 15) is 14.0 Å². The van der Waals surface area contributed by atoms with Crippen LogP contribution >= 0.6 is 11.6 Å². The summed E-state index contributed by atoms with van der Waals surface area (Å²) in [6.07, 6.45) is 1.30. The Morgan fingerprint density at radius 3 is 2.24 bits per heavy atom. The molecule has 2 amide bonds. The van der Waals surface area contributed by atoms with Gasteiger partial charge in [0.15, 0.2) is 0 Å². The molecule has 0 fully saturated rings. The number of carbonyl (C=O) groups is 2. The number of rotatable bonds is 5. The van der Waals surface area contributed by atoms with Gasteiger partial charge in [0.1, 0.15) is 11.5 Å². The highest BCUT2D eigenvalue weighted by atomic mass is 35.5. The lowest BCUT2D eigenvalue weighted by molar-refractivity contribution is -0.113. The maximum atomic E-state index is 14.1. The molecule has 4 nitrogen and oxygen atoms in total. The Kier molecular flexibility index (Phi) is 6.42. The van der Waals surface area contributed by atoms with E-state index in [1.165, 1.54) is 18.2 Å². The number of halogens is 2. The van der Waals surface area contributed by atoms with Crippen LogP contribution in [-0.2, 0) is 4.79 Å². The van der Waals surface area contributed by atoms with Crippen LogP contribution in [0.5, 0.6) is 0 Å². The van der Waals surface area contributed by atoms with Crippen LogP contribution in [0.3, 0.4) is 0 Å².